The van der Waals surface area contributed by atoms with E-state index in [1.54, 1.807) is 12.1 Å². The maximum Gasteiger partial charge on any atom is 0.269 e. The number of benzene rings is 2. The molecule has 1 N–H and O–H groups in total. The minimum absolute atomic E-state index is 0.0636. The molecule has 1 unspecified atom stereocenters. The van der Waals surface area contributed by atoms with E-state index < -0.39 is 10.5 Å². The van der Waals surface area contributed by atoms with E-state index in [-0.39, 0.29) is 5.69 Å². The second-order valence-electron chi connectivity index (χ2n) is 6.34. The van der Waals surface area contributed by atoms with E-state index in [2.05, 4.69) is 0 Å². The van der Waals surface area contributed by atoms with E-state index in [0.717, 1.165) is 33.6 Å². The molecule has 2 aromatic carbocycles. The largest absolute Gasteiger partial charge is 0.507 e. The lowest BCUT2D eigenvalue weighted by Crippen LogP contribution is -2.27. The molecule has 0 radical (unpaired) electrons. The van der Waals surface area contributed by atoms with Crippen molar-refractivity contribution in [1.82, 2.24) is 0 Å². The Balaban J connectivity index is 2.05. The fraction of sp³-hybridized carbons (Fsp3) is 0.333. The molecule has 5 nitrogen and oxygen atoms in total. The topological polar surface area (TPSA) is 72.6 Å². The second kappa shape index (κ2) is 4.98. The molecule has 0 saturated heterocycles. The van der Waals surface area contributed by atoms with Gasteiger partial charge in [0.05, 0.1) is 4.92 Å². The third-order valence-electron chi connectivity index (χ3n) is 4.87. The Morgan fingerprint density at radius 3 is 2.30 bits per heavy atom. The van der Waals surface area contributed by atoms with E-state index in [9.17, 15) is 15.2 Å². The predicted molar refractivity (Wildman–Crippen MR) is 87.1 cm³/mol. The Kier molecular flexibility index (Phi) is 3.32. The number of nitro groups is 1. The van der Waals surface area contributed by atoms with Gasteiger partial charge in [0.1, 0.15) is 17.1 Å². The Morgan fingerprint density at radius 1 is 1.13 bits per heavy atom. The van der Waals surface area contributed by atoms with Gasteiger partial charge in [-0.15, -0.1) is 0 Å². The molecule has 23 heavy (non-hydrogen) atoms. The molecule has 120 valence electrons. The molecular formula is C18H19NO4. The van der Waals surface area contributed by atoms with Crippen LogP contribution in [0.2, 0.25) is 0 Å². The first kappa shape index (κ1) is 15.3. The average Bonchev–Trinajstić information content (AvgIpc) is 2.90. The van der Waals surface area contributed by atoms with Crippen molar-refractivity contribution < 1.29 is 14.8 Å². The minimum Gasteiger partial charge on any atom is -0.507 e. The molecular weight excluding hydrogens is 294 g/mol. The predicted octanol–water partition coefficient (Wildman–Crippen LogP) is 4.08. The van der Waals surface area contributed by atoms with Crippen molar-refractivity contribution >= 4 is 5.69 Å². The summed E-state index contributed by atoms with van der Waals surface area (Å²) in [5.41, 5.74) is 3.97. The maximum absolute atomic E-state index is 10.8. The Morgan fingerprint density at radius 2 is 1.74 bits per heavy atom. The summed E-state index contributed by atoms with van der Waals surface area (Å²) in [5.74, 6) is 1.14. The van der Waals surface area contributed by atoms with E-state index in [0.29, 0.717) is 12.2 Å². The molecule has 0 aromatic heterocycles. The van der Waals surface area contributed by atoms with Crippen LogP contribution in [-0.2, 0) is 12.0 Å². The summed E-state index contributed by atoms with van der Waals surface area (Å²) >= 11 is 0. The summed E-state index contributed by atoms with van der Waals surface area (Å²) in [6.07, 6.45) is 0.626. The quantitative estimate of drug-likeness (QED) is 0.670. The highest BCUT2D eigenvalue weighted by molar-refractivity contribution is 5.60. The van der Waals surface area contributed by atoms with Gasteiger partial charge in [0.25, 0.3) is 5.69 Å². The lowest BCUT2D eigenvalue weighted by Gasteiger charge is -2.24. The highest BCUT2D eigenvalue weighted by Gasteiger charge is 2.39. The third kappa shape index (κ3) is 2.23. The zero-order valence-electron chi connectivity index (χ0n) is 13.6. The molecule has 1 atom stereocenters. The van der Waals surface area contributed by atoms with E-state index in [1.807, 2.05) is 27.7 Å². The summed E-state index contributed by atoms with van der Waals surface area (Å²) in [4.78, 5) is 10.4. The van der Waals surface area contributed by atoms with Crippen molar-refractivity contribution in [3.05, 3.63) is 62.2 Å². The van der Waals surface area contributed by atoms with Gasteiger partial charge < -0.3 is 9.84 Å². The molecule has 0 aliphatic carbocycles. The fourth-order valence-corrected chi connectivity index (χ4v) is 3.22. The lowest BCUT2D eigenvalue weighted by atomic mass is 9.88. The lowest BCUT2D eigenvalue weighted by molar-refractivity contribution is -0.384. The van der Waals surface area contributed by atoms with Crippen LogP contribution in [0.1, 0.15) is 34.7 Å². The van der Waals surface area contributed by atoms with Crippen LogP contribution >= 0.6 is 0 Å². The highest BCUT2D eigenvalue weighted by atomic mass is 16.6. The van der Waals surface area contributed by atoms with Crippen LogP contribution in [0.3, 0.4) is 0 Å². The number of phenols is 1. The summed E-state index contributed by atoms with van der Waals surface area (Å²) in [5, 5.41) is 21.1. The number of nitrogens with zero attached hydrogens (tertiary/aromatic N) is 1. The number of nitro benzene ring substituents is 1. The average molecular weight is 313 g/mol. The molecule has 1 aliphatic heterocycles. The van der Waals surface area contributed by atoms with Gasteiger partial charge in [-0.25, -0.2) is 0 Å². The second-order valence-corrected chi connectivity index (χ2v) is 6.34. The molecule has 0 amide bonds. The normalized spacial score (nSPS) is 19.3. The highest BCUT2D eigenvalue weighted by Crippen LogP contribution is 2.48. The van der Waals surface area contributed by atoms with Gasteiger partial charge in [0, 0.05) is 24.1 Å². The Labute approximate surface area is 134 Å². The third-order valence-corrected chi connectivity index (χ3v) is 4.87. The van der Waals surface area contributed by atoms with Crippen molar-refractivity contribution in [1.29, 1.82) is 0 Å². The molecule has 1 heterocycles. The Bertz CT molecular complexity index is 772. The van der Waals surface area contributed by atoms with Gasteiger partial charge in [0.2, 0.25) is 0 Å². The molecule has 0 spiro atoms. The SMILES string of the molecule is Cc1c(C)c2c(c(C)c1O)CC(C)(c1ccc([N+](=O)[O-])cc1)O2. The zero-order chi connectivity index (χ0) is 16.9. The van der Waals surface area contributed by atoms with Crippen molar-refractivity contribution in [2.75, 3.05) is 0 Å². The number of aromatic hydroxyl groups is 1. The number of hydrogen-bond donors (Lipinski definition) is 1. The number of non-ortho nitro benzene ring substituents is 1. The first-order valence-electron chi connectivity index (χ1n) is 7.50. The smallest absolute Gasteiger partial charge is 0.269 e. The van der Waals surface area contributed by atoms with Crippen LogP contribution in [0.25, 0.3) is 0 Å². The van der Waals surface area contributed by atoms with Crippen LogP contribution in [0.5, 0.6) is 11.5 Å². The van der Waals surface area contributed by atoms with Gasteiger partial charge in [-0.2, -0.15) is 0 Å². The van der Waals surface area contributed by atoms with Crippen LogP contribution in [0.15, 0.2) is 24.3 Å². The number of hydrogen-bond acceptors (Lipinski definition) is 4. The van der Waals surface area contributed by atoms with Crippen molar-refractivity contribution in [3.63, 3.8) is 0 Å². The first-order chi connectivity index (χ1) is 10.7. The maximum atomic E-state index is 10.8. The van der Waals surface area contributed by atoms with Gasteiger partial charge >= 0.3 is 0 Å². The van der Waals surface area contributed by atoms with E-state index in [1.165, 1.54) is 12.1 Å². The van der Waals surface area contributed by atoms with Crippen LogP contribution < -0.4 is 4.74 Å². The molecule has 0 bridgehead atoms. The van der Waals surface area contributed by atoms with Crippen LogP contribution in [0.4, 0.5) is 5.69 Å². The monoisotopic (exact) mass is 313 g/mol. The molecule has 2 aromatic rings. The number of phenolic OH excluding ortho intramolecular Hbond substituents is 1. The first-order valence-corrected chi connectivity index (χ1v) is 7.50. The molecule has 0 fully saturated rings. The Hall–Kier alpha value is -2.56. The molecule has 5 heteroatoms. The summed E-state index contributed by atoms with van der Waals surface area (Å²) in [6, 6.07) is 6.47. The number of rotatable bonds is 2. The molecule has 3 rings (SSSR count). The minimum atomic E-state index is -0.590. The van der Waals surface area contributed by atoms with Crippen molar-refractivity contribution in [3.8, 4) is 11.5 Å². The van der Waals surface area contributed by atoms with Crippen LogP contribution in [-0.4, -0.2) is 10.0 Å². The molecule has 0 saturated carbocycles. The summed E-state index contributed by atoms with van der Waals surface area (Å²) in [6.45, 7) is 7.68. The number of fused-ring (bicyclic) bond motifs is 1. The van der Waals surface area contributed by atoms with E-state index in [4.69, 9.17) is 4.74 Å². The van der Waals surface area contributed by atoms with Gasteiger partial charge in [0.15, 0.2) is 0 Å². The fourth-order valence-electron chi connectivity index (χ4n) is 3.22. The van der Waals surface area contributed by atoms with Gasteiger partial charge in [-0.3, -0.25) is 10.1 Å². The molecule has 1 aliphatic rings. The summed E-state index contributed by atoms with van der Waals surface area (Å²) in [7, 11) is 0. The van der Waals surface area contributed by atoms with Crippen LogP contribution in [0, 0.1) is 30.9 Å². The van der Waals surface area contributed by atoms with Gasteiger partial charge in [-0.05, 0) is 62.1 Å². The van der Waals surface area contributed by atoms with Gasteiger partial charge in [-0.1, -0.05) is 0 Å². The number of ether oxygens (including phenoxy) is 1. The van der Waals surface area contributed by atoms with Crippen molar-refractivity contribution in [2.45, 2.75) is 39.7 Å². The van der Waals surface area contributed by atoms with E-state index >= 15 is 0 Å². The van der Waals surface area contributed by atoms with Crippen molar-refractivity contribution in [2.24, 2.45) is 0 Å². The summed E-state index contributed by atoms with van der Waals surface area (Å²) < 4.78 is 6.25. The standard InChI is InChI=1S/C18H19NO4/c1-10-11(2)17-15(12(3)16(10)20)9-18(4,23-17)13-5-7-14(8-6-13)19(21)22/h5-8,20H,9H2,1-4H3. The zero-order valence-corrected chi connectivity index (χ0v) is 13.6.